The Morgan fingerprint density at radius 2 is 1.59 bits per heavy atom. The Morgan fingerprint density at radius 3 is 2.33 bits per heavy atom. The molecule has 1 aliphatic carbocycles. The van der Waals surface area contributed by atoms with Gasteiger partial charge < -0.3 is 14.2 Å². The SMILES string of the molecule is O=C(c1ccc(-c2ccc(Cl)cc2)c(COc2ccc(-c3nccn3C3CCCCC3)cc2)c1)N1CCCC1. The van der Waals surface area contributed by atoms with Gasteiger partial charge in [0.25, 0.3) is 5.91 Å². The van der Waals surface area contributed by atoms with Crippen LogP contribution in [0.25, 0.3) is 22.5 Å². The van der Waals surface area contributed by atoms with Gasteiger partial charge >= 0.3 is 0 Å². The van der Waals surface area contributed by atoms with E-state index >= 15 is 0 Å². The molecule has 1 aliphatic heterocycles. The predicted octanol–water partition coefficient (Wildman–Crippen LogP) is 8.19. The summed E-state index contributed by atoms with van der Waals surface area (Å²) in [6.45, 7) is 2.01. The van der Waals surface area contributed by atoms with Crippen molar-refractivity contribution in [1.29, 1.82) is 0 Å². The van der Waals surface area contributed by atoms with Crippen LogP contribution in [0.15, 0.2) is 79.1 Å². The maximum Gasteiger partial charge on any atom is 0.253 e. The third-order valence-electron chi connectivity index (χ3n) is 8.04. The number of hydrogen-bond donors (Lipinski definition) is 0. The van der Waals surface area contributed by atoms with E-state index in [1.165, 1.54) is 32.1 Å². The fraction of sp³-hybridized carbons (Fsp3) is 0.333. The van der Waals surface area contributed by atoms with Crippen molar-refractivity contribution in [2.24, 2.45) is 0 Å². The monoisotopic (exact) mass is 539 g/mol. The van der Waals surface area contributed by atoms with Crippen molar-refractivity contribution >= 4 is 17.5 Å². The highest BCUT2D eigenvalue weighted by Crippen LogP contribution is 2.33. The molecule has 0 N–H and O–H groups in total. The number of nitrogens with zero attached hydrogens (tertiary/aromatic N) is 3. The normalized spacial score (nSPS) is 16.0. The minimum atomic E-state index is 0.0919. The quantitative estimate of drug-likeness (QED) is 0.238. The Hall–Kier alpha value is -3.57. The van der Waals surface area contributed by atoms with Crippen LogP contribution in [0.3, 0.4) is 0 Å². The summed E-state index contributed by atoms with van der Waals surface area (Å²) in [4.78, 5) is 19.7. The summed E-state index contributed by atoms with van der Waals surface area (Å²) in [7, 11) is 0. The Bertz CT molecular complexity index is 1420. The molecule has 0 spiro atoms. The van der Waals surface area contributed by atoms with Crippen molar-refractivity contribution in [2.45, 2.75) is 57.6 Å². The minimum Gasteiger partial charge on any atom is -0.489 e. The van der Waals surface area contributed by atoms with E-state index in [4.69, 9.17) is 16.3 Å². The zero-order chi connectivity index (χ0) is 26.6. The van der Waals surface area contributed by atoms with Crippen LogP contribution >= 0.6 is 11.6 Å². The first-order valence-electron chi connectivity index (χ1n) is 14.1. The molecule has 5 nitrogen and oxygen atoms in total. The zero-order valence-corrected chi connectivity index (χ0v) is 22.9. The molecule has 6 heteroatoms. The highest BCUT2D eigenvalue weighted by molar-refractivity contribution is 6.30. The highest BCUT2D eigenvalue weighted by Gasteiger charge is 2.21. The van der Waals surface area contributed by atoms with E-state index in [0.717, 1.165) is 59.8 Å². The molecule has 2 fully saturated rings. The summed E-state index contributed by atoms with van der Waals surface area (Å²) < 4.78 is 8.62. The molecular formula is C33H34ClN3O2. The zero-order valence-electron chi connectivity index (χ0n) is 22.2. The van der Waals surface area contributed by atoms with Crippen LogP contribution in [0.2, 0.25) is 5.02 Å². The van der Waals surface area contributed by atoms with Crippen LogP contribution in [0, 0.1) is 0 Å². The van der Waals surface area contributed by atoms with E-state index in [-0.39, 0.29) is 5.91 Å². The maximum absolute atomic E-state index is 13.1. The number of rotatable bonds is 7. The fourth-order valence-corrected chi connectivity index (χ4v) is 6.04. The number of carbonyl (C=O) groups excluding carboxylic acids is 1. The molecule has 0 unspecified atom stereocenters. The van der Waals surface area contributed by atoms with E-state index in [9.17, 15) is 4.79 Å². The molecule has 39 heavy (non-hydrogen) atoms. The molecule has 6 rings (SSSR count). The Morgan fingerprint density at radius 1 is 0.872 bits per heavy atom. The molecule has 1 aromatic heterocycles. The molecule has 4 aromatic rings. The average molecular weight is 540 g/mol. The van der Waals surface area contributed by atoms with E-state index in [0.29, 0.717) is 23.2 Å². The van der Waals surface area contributed by atoms with Gasteiger partial charge in [0.05, 0.1) is 0 Å². The van der Waals surface area contributed by atoms with Gasteiger partial charge in [0.15, 0.2) is 0 Å². The van der Waals surface area contributed by atoms with E-state index in [1.807, 2.05) is 65.7 Å². The van der Waals surface area contributed by atoms with Crippen LogP contribution in [0.4, 0.5) is 0 Å². The van der Waals surface area contributed by atoms with Gasteiger partial charge in [-0.05, 0) is 90.9 Å². The topological polar surface area (TPSA) is 47.4 Å². The van der Waals surface area contributed by atoms with Crippen molar-refractivity contribution < 1.29 is 9.53 Å². The number of amides is 1. The number of aromatic nitrogens is 2. The van der Waals surface area contributed by atoms with Crippen LogP contribution in [0.1, 0.15) is 66.9 Å². The van der Waals surface area contributed by atoms with Gasteiger partial charge in [-0.15, -0.1) is 0 Å². The molecule has 1 amide bonds. The first-order valence-corrected chi connectivity index (χ1v) is 14.5. The lowest BCUT2D eigenvalue weighted by Crippen LogP contribution is -2.27. The summed E-state index contributed by atoms with van der Waals surface area (Å²) in [6, 6.07) is 22.5. The van der Waals surface area contributed by atoms with Crippen LogP contribution in [-0.4, -0.2) is 33.4 Å². The number of benzene rings is 3. The molecule has 200 valence electrons. The maximum atomic E-state index is 13.1. The lowest BCUT2D eigenvalue weighted by Gasteiger charge is -2.24. The lowest BCUT2D eigenvalue weighted by atomic mass is 9.95. The van der Waals surface area contributed by atoms with E-state index in [1.54, 1.807) is 0 Å². The minimum absolute atomic E-state index is 0.0919. The molecule has 1 saturated carbocycles. The second kappa shape index (κ2) is 11.7. The van der Waals surface area contributed by atoms with Gasteiger partial charge in [-0.2, -0.15) is 0 Å². The lowest BCUT2D eigenvalue weighted by molar-refractivity contribution is 0.0792. The van der Waals surface area contributed by atoms with E-state index < -0.39 is 0 Å². The van der Waals surface area contributed by atoms with Crippen molar-refractivity contribution in [3.63, 3.8) is 0 Å². The predicted molar refractivity (Wildman–Crippen MR) is 156 cm³/mol. The van der Waals surface area contributed by atoms with Crippen molar-refractivity contribution in [1.82, 2.24) is 14.5 Å². The van der Waals surface area contributed by atoms with Crippen molar-refractivity contribution in [3.8, 4) is 28.3 Å². The largest absolute Gasteiger partial charge is 0.489 e. The molecule has 3 aromatic carbocycles. The summed E-state index contributed by atoms with van der Waals surface area (Å²) in [5, 5.41) is 0.696. The molecular weight excluding hydrogens is 506 g/mol. The van der Waals surface area contributed by atoms with Crippen molar-refractivity contribution in [2.75, 3.05) is 13.1 Å². The highest BCUT2D eigenvalue weighted by atomic mass is 35.5. The molecule has 2 aliphatic rings. The fourth-order valence-electron chi connectivity index (χ4n) is 5.91. The number of imidazole rings is 1. The molecule has 0 bridgehead atoms. The molecule has 2 heterocycles. The number of likely N-dealkylation sites (tertiary alicyclic amines) is 1. The first kappa shape index (κ1) is 25.7. The first-order chi connectivity index (χ1) is 19.2. The van der Waals surface area contributed by atoms with Gasteiger partial charge in [-0.25, -0.2) is 4.98 Å². The second-order valence-electron chi connectivity index (χ2n) is 10.6. The Balaban J connectivity index is 1.22. The van der Waals surface area contributed by atoms with Crippen LogP contribution in [0.5, 0.6) is 5.75 Å². The van der Waals surface area contributed by atoms with Crippen molar-refractivity contribution in [3.05, 3.63) is 95.3 Å². The van der Waals surface area contributed by atoms with Crippen LogP contribution < -0.4 is 4.74 Å². The molecule has 0 atom stereocenters. The number of halogens is 1. The average Bonchev–Trinajstić information content (AvgIpc) is 3.70. The van der Waals surface area contributed by atoms with Gasteiger partial charge in [0.2, 0.25) is 0 Å². The van der Waals surface area contributed by atoms with Gasteiger partial charge in [0, 0.05) is 47.7 Å². The Kier molecular flexibility index (Phi) is 7.69. The van der Waals surface area contributed by atoms with Gasteiger partial charge in [-0.3, -0.25) is 4.79 Å². The molecule has 0 radical (unpaired) electrons. The summed E-state index contributed by atoms with van der Waals surface area (Å²) >= 11 is 6.14. The summed E-state index contributed by atoms with van der Waals surface area (Å²) in [5.74, 6) is 1.90. The standard InChI is InChI=1S/C33H34ClN3O2/c34-28-13-8-24(9-14-28)31-17-12-26(33(38)36-19-4-5-20-36)22-27(31)23-39-30-15-10-25(11-16-30)32-35-18-21-37(32)29-6-2-1-3-7-29/h8-18,21-22,29H,1-7,19-20,23H2. The summed E-state index contributed by atoms with van der Waals surface area (Å²) in [6.07, 6.45) is 12.5. The number of hydrogen-bond acceptors (Lipinski definition) is 3. The third kappa shape index (κ3) is 5.74. The second-order valence-corrected chi connectivity index (χ2v) is 11.1. The smallest absolute Gasteiger partial charge is 0.253 e. The number of carbonyl (C=O) groups is 1. The Labute approximate surface area is 235 Å². The molecule has 1 saturated heterocycles. The third-order valence-corrected chi connectivity index (χ3v) is 8.30. The van der Waals surface area contributed by atoms with Gasteiger partial charge in [-0.1, -0.05) is 49.1 Å². The van der Waals surface area contributed by atoms with Crippen LogP contribution in [-0.2, 0) is 6.61 Å². The number of ether oxygens (including phenoxy) is 1. The van der Waals surface area contributed by atoms with E-state index in [2.05, 4.69) is 27.9 Å². The van der Waals surface area contributed by atoms with Gasteiger partial charge in [0.1, 0.15) is 18.2 Å². The summed E-state index contributed by atoms with van der Waals surface area (Å²) in [5.41, 5.74) is 4.86.